The van der Waals surface area contributed by atoms with Gasteiger partial charge in [0.15, 0.2) is 16.7 Å². The molecule has 0 atom stereocenters. The maximum absolute atomic E-state index is 12.7. The van der Waals surface area contributed by atoms with Gasteiger partial charge in [0.25, 0.3) is 0 Å². The Kier molecular flexibility index (Phi) is 6.19. The van der Waals surface area contributed by atoms with Crippen LogP contribution < -0.4 is 5.32 Å². The van der Waals surface area contributed by atoms with Gasteiger partial charge in [-0.25, -0.2) is 0 Å². The lowest BCUT2D eigenvalue weighted by atomic mass is 10.0. The number of amides is 1. The number of anilines is 1. The van der Waals surface area contributed by atoms with Gasteiger partial charge in [0.05, 0.1) is 12.0 Å². The number of likely N-dealkylation sites (tertiary alicyclic amines) is 1. The number of aromatic nitrogens is 3. The maximum atomic E-state index is 12.7. The molecule has 1 saturated heterocycles. The molecule has 0 radical (unpaired) electrons. The van der Waals surface area contributed by atoms with Gasteiger partial charge in [0.2, 0.25) is 5.91 Å². The van der Waals surface area contributed by atoms with Crippen molar-refractivity contribution >= 4 is 23.4 Å². The fourth-order valence-electron chi connectivity index (χ4n) is 3.53. The third-order valence-electron chi connectivity index (χ3n) is 5.09. The summed E-state index contributed by atoms with van der Waals surface area (Å²) in [6, 6.07) is 14.3. The summed E-state index contributed by atoms with van der Waals surface area (Å²) in [7, 11) is 0. The second kappa shape index (κ2) is 9.17. The molecule has 3 heterocycles. The Bertz CT molecular complexity index is 918. The fraction of sp³-hybridized carbons (Fsp3) is 0.381. The minimum atomic E-state index is 0.151. The first-order chi connectivity index (χ1) is 14.2. The van der Waals surface area contributed by atoms with E-state index in [2.05, 4.69) is 27.6 Å². The van der Waals surface area contributed by atoms with Gasteiger partial charge in [-0.1, -0.05) is 30.0 Å². The van der Waals surface area contributed by atoms with E-state index < -0.39 is 0 Å². The van der Waals surface area contributed by atoms with Crippen LogP contribution >= 0.6 is 11.8 Å². The predicted octanol–water partition coefficient (Wildman–Crippen LogP) is 3.75. The summed E-state index contributed by atoms with van der Waals surface area (Å²) >= 11 is 1.44. The Balaban J connectivity index is 1.29. The zero-order valence-corrected chi connectivity index (χ0v) is 17.3. The molecule has 2 aromatic heterocycles. The first-order valence-electron chi connectivity index (χ1n) is 9.94. The van der Waals surface area contributed by atoms with Gasteiger partial charge in [-0.3, -0.25) is 9.36 Å². The number of benzene rings is 1. The smallest absolute Gasteiger partial charge is 0.233 e. The van der Waals surface area contributed by atoms with E-state index in [9.17, 15) is 4.79 Å². The Morgan fingerprint density at radius 2 is 1.97 bits per heavy atom. The number of nitrogens with zero attached hydrogens (tertiary/aromatic N) is 4. The highest BCUT2D eigenvalue weighted by Crippen LogP contribution is 2.25. The molecule has 7 nitrogen and oxygen atoms in total. The quantitative estimate of drug-likeness (QED) is 0.597. The molecule has 0 bridgehead atoms. The number of nitrogens with one attached hydrogen (secondary N) is 1. The molecule has 1 amide bonds. The van der Waals surface area contributed by atoms with Crippen LogP contribution in [0.3, 0.4) is 0 Å². The SMILES string of the molecule is CCn1c(SCC(=O)N2CCC(Nc3ccccc3)CC2)nnc1-c1ccco1. The average Bonchev–Trinajstić information content (AvgIpc) is 3.42. The van der Waals surface area contributed by atoms with Crippen molar-refractivity contribution in [1.29, 1.82) is 0 Å². The van der Waals surface area contributed by atoms with Crippen molar-refractivity contribution in [3.05, 3.63) is 48.7 Å². The Morgan fingerprint density at radius 1 is 1.17 bits per heavy atom. The van der Waals surface area contributed by atoms with Crippen LogP contribution in [0.15, 0.2) is 58.3 Å². The predicted molar refractivity (Wildman–Crippen MR) is 114 cm³/mol. The van der Waals surface area contributed by atoms with Gasteiger partial charge < -0.3 is 14.6 Å². The minimum Gasteiger partial charge on any atom is -0.461 e. The zero-order valence-electron chi connectivity index (χ0n) is 16.5. The standard InChI is InChI=1S/C21H25N5O2S/c1-2-26-20(18-9-6-14-28-18)23-24-21(26)29-15-19(27)25-12-10-17(11-13-25)22-16-7-4-3-5-8-16/h3-9,14,17,22H,2,10-13,15H2,1H3. The third-order valence-corrected chi connectivity index (χ3v) is 6.04. The number of furan rings is 1. The molecule has 1 aliphatic rings. The second-order valence-corrected chi connectivity index (χ2v) is 7.92. The number of hydrogen-bond acceptors (Lipinski definition) is 6. The largest absolute Gasteiger partial charge is 0.461 e. The molecule has 1 fully saturated rings. The summed E-state index contributed by atoms with van der Waals surface area (Å²) in [6.45, 7) is 4.31. The number of carbonyl (C=O) groups excluding carboxylic acids is 1. The van der Waals surface area contributed by atoms with Crippen molar-refractivity contribution in [3.8, 4) is 11.6 Å². The molecule has 0 spiro atoms. The van der Waals surface area contributed by atoms with E-state index >= 15 is 0 Å². The molecule has 29 heavy (non-hydrogen) atoms. The molecule has 1 N–H and O–H groups in total. The van der Waals surface area contributed by atoms with Crippen molar-refractivity contribution in [2.75, 3.05) is 24.2 Å². The van der Waals surface area contributed by atoms with Crippen LogP contribution in [0.2, 0.25) is 0 Å². The van der Waals surface area contributed by atoms with Crippen LogP contribution in [0.5, 0.6) is 0 Å². The highest BCUT2D eigenvalue weighted by molar-refractivity contribution is 7.99. The van der Waals surface area contributed by atoms with Crippen LogP contribution in [0.1, 0.15) is 19.8 Å². The second-order valence-electron chi connectivity index (χ2n) is 6.98. The van der Waals surface area contributed by atoms with Gasteiger partial charge in [-0.15, -0.1) is 10.2 Å². The molecule has 3 aromatic rings. The molecule has 0 unspecified atom stereocenters. The van der Waals surface area contributed by atoms with Crippen LogP contribution in [0.4, 0.5) is 5.69 Å². The fourth-order valence-corrected chi connectivity index (χ4v) is 4.43. The monoisotopic (exact) mass is 411 g/mol. The van der Waals surface area contributed by atoms with Crippen molar-refractivity contribution in [3.63, 3.8) is 0 Å². The normalized spacial score (nSPS) is 14.9. The molecule has 152 valence electrons. The molecule has 4 rings (SSSR count). The first-order valence-corrected chi connectivity index (χ1v) is 10.9. The van der Waals surface area contributed by atoms with Gasteiger partial charge in [-0.2, -0.15) is 0 Å². The van der Waals surface area contributed by atoms with Gasteiger partial charge in [0, 0.05) is 31.4 Å². The summed E-state index contributed by atoms with van der Waals surface area (Å²) < 4.78 is 7.41. The molecular weight excluding hydrogens is 386 g/mol. The Labute approximate surface area is 174 Å². The van der Waals surface area contributed by atoms with E-state index in [0.29, 0.717) is 23.4 Å². The summed E-state index contributed by atoms with van der Waals surface area (Å²) in [6.07, 6.45) is 3.54. The minimum absolute atomic E-state index is 0.151. The maximum Gasteiger partial charge on any atom is 0.233 e. The van der Waals surface area contributed by atoms with E-state index in [-0.39, 0.29) is 5.91 Å². The number of rotatable bonds is 7. The molecule has 8 heteroatoms. The number of carbonyl (C=O) groups is 1. The van der Waals surface area contributed by atoms with E-state index in [4.69, 9.17) is 4.42 Å². The van der Waals surface area contributed by atoms with Crippen LogP contribution in [0, 0.1) is 0 Å². The number of para-hydroxylation sites is 1. The van der Waals surface area contributed by atoms with Crippen LogP contribution in [0.25, 0.3) is 11.6 Å². The van der Waals surface area contributed by atoms with E-state index in [1.807, 2.05) is 46.7 Å². The van der Waals surface area contributed by atoms with E-state index in [1.54, 1.807) is 6.26 Å². The lowest BCUT2D eigenvalue weighted by Crippen LogP contribution is -2.43. The topological polar surface area (TPSA) is 76.2 Å². The van der Waals surface area contributed by atoms with Crippen molar-refractivity contribution < 1.29 is 9.21 Å². The highest BCUT2D eigenvalue weighted by Gasteiger charge is 2.24. The number of hydrogen-bond donors (Lipinski definition) is 1. The summed E-state index contributed by atoms with van der Waals surface area (Å²) in [4.78, 5) is 14.6. The lowest BCUT2D eigenvalue weighted by molar-refractivity contribution is -0.129. The average molecular weight is 412 g/mol. The van der Waals surface area contributed by atoms with Crippen LogP contribution in [-0.2, 0) is 11.3 Å². The Hall–Kier alpha value is -2.74. The van der Waals surface area contributed by atoms with E-state index in [1.165, 1.54) is 11.8 Å². The Morgan fingerprint density at radius 3 is 2.66 bits per heavy atom. The van der Waals surface area contributed by atoms with Gasteiger partial charge in [-0.05, 0) is 44.0 Å². The summed E-state index contributed by atoms with van der Waals surface area (Å²) in [5.41, 5.74) is 1.14. The summed E-state index contributed by atoms with van der Waals surface area (Å²) in [5.74, 6) is 1.90. The molecular formula is C21H25N5O2S. The van der Waals surface area contributed by atoms with E-state index in [0.717, 1.165) is 43.3 Å². The molecule has 1 aliphatic heterocycles. The summed E-state index contributed by atoms with van der Waals surface area (Å²) in [5, 5.41) is 12.8. The first kappa shape index (κ1) is 19.6. The third kappa shape index (κ3) is 4.64. The van der Waals surface area contributed by atoms with Crippen LogP contribution in [-0.4, -0.2) is 50.5 Å². The van der Waals surface area contributed by atoms with Crippen molar-refractivity contribution in [2.24, 2.45) is 0 Å². The van der Waals surface area contributed by atoms with Crippen molar-refractivity contribution in [2.45, 2.75) is 37.5 Å². The molecule has 0 saturated carbocycles. The number of piperidine rings is 1. The molecule has 0 aliphatic carbocycles. The number of thioether (sulfide) groups is 1. The van der Waals surface area contributed by atoms with Crippen molar-refractivity contribution in [1.82, 2.24) is 19.7 Å². The van der Waals surface area contributed by atoms with Gasteiger partial charge >= 0.3 is 0 Å². The highest BCUT2D eigenvalue weighted by atomic mass is 32.2. The lowest BCUT2D eigenvalue weighted by Gasteiger charge is -2.32. The van der Waals surface area contributed by atoms with Gasteiger partial charge in [0.1, 0.15) is 0 Å². The zero-order chi connectivity index (χ0) is 20.1. The molecule has 1 aromatic carbocycles.